The standard InChI is InChI=1S/C11H18N2S2/c1-9(2)13(6-5-11(12)14)8-10-4-3-7-15-10/h3-4,7,9H,5-6,8H2,1-2H3,(H2,12,14). The van der Waals surface area contributed by atoms with E-state index >= 15 is 0 Å². The summed E-state index contributed by atoms with van der Waals surface area (Å²) in [4.78, 5) is 4.39. The van der Waals surface area contributed by atoms with Gasteiger partial charge < -0.3 is 5.73 Å². The van der Waals surface area contributed by atoms with Crippen LogP contribution in [0.1, 0.15) is 25.1 Å². The smallest absolute Gasteiger partial charge is 0.0740 e. The van der Waals surface area contributed by atoms with Crippen molar-refractivity contribution >= 4 is 28.5 Å². The second-order valence-electron chi connectivity index (χ2n) is 3.86. The van der Waals surface area contributed by atoms with Crippen molar-refractivity contribution in [3.05, 3.63) is 22.4 Å². The van der Waals surface area contributed by atoms with E-state index in [2.05, 4.69) is 36.3 Å². The summed E-state index contributed by atoms with van der Waals surface area (Å²) in [6.45, 7) is 6.35. The number of hydrogen-bond acceptors (Lipinski definition) is 3. The van der Waals surface area contributed by atoms with Crippen molar-refractivity contribution in [3.8, 4) is 0 Å². The van der Waals surface area contributed by atoms with Gasteiger partial charge in [-0.3, -0.25) is 4.90 Å². The highest BCUT2D eigenvalue weighted by atomic mass is 32.1. The fourth-order valence-corrected chi connectivity index (χ4v) is 2.20. The van der Waals surface area contributed by atoms with Gasteiger partial charge in [0.25, 0.3) is 0 Å². The monoisotopic (exact) mass is 242 g/mol. The lowest BCUT2D eigenvalue weighted by atomic mass is 10.2. The zero-order valence-corrected chi connectivity index (χ0v) is 10.9. The van der Waals surface area contributed by atoms with E-state index in [-0.39, 0.29) is 0 Å². The molecule has 84 valence electrons. The summed E-state index contributed by atoms with van der Waals surface area (Å²) in [5.41, 5.74) is 5.52. The molecular weight excluding hydrogens is 224 g/mol. The van der Waals surface area contributed by atoms with Gasteiger partial charge in [0.15, 0.2) is 0 Å². The molecule has 0 saturated heterocycles. The topological polar surface area (TPSA) is 29.3 Å². The second-order valence-corrected chi connectivity index (χ2v) is 5.42. The van der Waals surface area contributed by atoms with Crippen molar-refractivity contribution in [1.29, 1.82) is 0 Å². The van der Waals surface area contributed by atoms with Crippen molar-refractivity contribution in [2.24, 2.45) is 5.73 Å². The predicted octanol–water partition coefficient (Wildman–Crippen LogP) is 2.63. The number of nitrogens with two attached hydrogens (primary N) is 1. The molecule has 0 bridgehead atoms. The van der Waals surface area contributed by atoms with E-state index in [0.29, 0.717) is 11.0 Å². The van der Waals surface area contributed by atoms with Gasteiger partial charge in [0.05, 0.1) is 4.99 Å². The molecule has 0 spiro atoms. The molecule has 1 heterocycles. The minimum atomic E-state index is 0.529. The highest BCUT2D eigenvalue weighted by molar-refractivity contribution is 7.80. The molecule has 0 aliphatic heterocycles. The number of rotatable bonds is 6. The van der Waals surface area contributed by atoms with Crippen LogP contribution in [0.4, 0.5) is 0 Å². The summed E-state index contributed by atoms with van der Waals surface area (Å²) in [7, 11) is 0. The lowest BCUT2D eigenvalue weighted by Crippen LogP contribution is -2.32. The maximum absolute atomic E-state index is 5.52. The number of hydrogen-bond donors (Lipinski definition) is 1. The fraction of sp³-hybridized carbons (Fsp3) is 0.545. The van der Waals surface area contributed by atoms with Crippen LogP contribution in [0.15, 0.2) is 17.5 Å². The Morgan fingerprint density at radius 2 is 2.33 bits per heavy atom. The molecule has 15 heavy (non-hydrogen) atoms. The quantitative estimate of drug-likeness (QED) is 0.778. The SMILES string of the molecule is CC(C)N(CCC(N)=S)Cc1cccs1. The minimum Gasteiger partial charge on any atom is -0.393 e. The van der Waals surface area contributed by atoms with Gasteiger partial charge in [0, 0.05) is 30.4 Å². The van der Waals surface area contributed by atoms with Crippen LogP contribution in [0.5, 0.6) is 0 Å². The van der Waals surface area contributed by atoms with Crippen LogP contribution in [0.2, 0.25) is 0 Å². The molecule has 0 saturated carbocycles. The molecule has 1 aromatic rings. The average molecular weight is 242 g/mol. The number of nitrogens with zero attached hydrogens (tertiary/aromatic N) is 1. The van der Waals surface area contributed by atoms with Crippen molar-refractivity contribution < 1.29 is 0 Å². The van der Waals surface area contributed by atoms with Gasteiger partial charge in [0.1, 0.15) is 0 Å². The van der Waals surface area contributed by atoms with Crippen LogP contribution in [-0.4, -0.2) is 22.5 Å². The zero-order chi connectivity index (χ0) is 11.3. The van der Waals surface area contributed by atoms with Crippen LogP contribution >= 0.6 is 23.6 Å². The van der Waals surface area contributed by atoms with Crippen molar-refractivity contribution in [3.63, 3.8) is 0 Å². The second kappa shape index (κ2) is 6.20. The van der Waals surface area contributed by atoms with Gasteiger partial charge in [-0.2, -0.15) is 0 Å². The average Bonchev–Trinajstić information content (AvgIpc) is 2.63. The van der Waals surface area contributed by atoms with Gasteiger partial charge >= 0.3 is 0 Å². The summed E-state index contributed by atoms with van der Waals surface area (Å²) >= 11 is 6.70. The highest BCUT2D eigenvalue weighted by Gasteiger charge is 2.10. The third-order valence-electron chi connectivity index (χ3n) is 2.31. The molecular formula is C11H18N2S2. The molecule has 0 aliphatic carbocycles. The molecule has 0 aromatic carbocycles. The first-order valence-corrected chi connectivity index (χ1v) is 6.43. The fourth-order valence-electron chi connectivity index (χ4n) is 1.38. The molecule has 4 heteroatoms. The van der Waals surface area contributed by atoms with Crippen LogP contribution in [0.25, 0.3) is 0 Å². The maximum atomic E-state index is 5.52. The molecule has 0 unspecified atom stereocenters. The first kappa shape index (κ1) is 12.6. The summed E-state index contributed by atoms with van der Waals surface area (Å²) in [5.74, 6) is 0. The molecule has 0 atom stereocenters. The van der Waals surface area contributed by atoms with Crippen LogP contribution in [-0.2, 0) is 6.54 Å². The van der Waals surface area contributed by atoms with Crippen molar-refractivity contribution in [2.45, 2.75) is 32.9 Å². The van der Waals surface area contributed by atoms with E-state index in [4.69, 9.17) is 18.0 Å². The Bertz CT molecular complexity index is 294. The number of thiophene rings is 1. The summed E-state index contributed by atoms with van der Waals surface area (Å²) in [5, 5.41) is 2.11. The third kappa shape index (κ3) is 4.73. The van der Waals surface area contributed by atoms with Gasteiger partial charge in [-0.15, -0.1) is 11.3 Å². The van der Waals surface area contributed by atoms with Crippen molar-refractivity contribution in [1.82, 2.24) is 4.90 Å². The summed E-state index contributed by atoms with van der Waals surface area (Å²) in [6, 6.07) is 4.79. The Hall–Kier alpha value is -0.450. The highest BCUT2D eigenvalue weighted by Crippen LogP contribution is 2.14. The maximum Gasteiger partial charge on any atom is 0.0740 e. The molecule has 2 N–H and O–H groups in total. The summed E-state index contributed by atoms with van der Waals surface area (Å²) < 4.78 is 0. The lowest BCUT2D eigenvalue weighted by Gasteiger charge is -2.25. The van der Waals surface area contributed by atoms with Gasteiger partial charge in [-0.1, -0.05) is 18.3 Å². The van der Waals surface area contributed by atoms with E-state index in [1.165, 1.54) is 4.88 Å². The van der Waals surface area contributed by atoms with E-state index in [1.807, 2.05) is 0 Å². The minimum absolute atomic E-state index is 0.529. The van der Waals surface area contributed by atoms with Crippen LogP contribution in [0, 0.1) is 0 Å². The van der Waals surface area contributed by atoms with E-state index < -0.39 is 0 Å². The Balaban J connectivity index is 2.47. The third-order valence-corrected chi connectivity index (χ3v) is 3.38. The Labute approximate surface area is 101 Å². The zero-order valence-electron chi connectivity index (χ0n) is 9.27. The molecule has 0 aliphatic rings. The molecule has 0 radical (unpaired) electrons. The Morgan fingerprint density at radius 3 is 2.80 bits per heavy atom. The largest absolute Gasteiger partial charge is 0.393 e. The Morgan fingerprint density at radius 1 is 1.60 bits per heavy atom. The van der Waals surface area contributed by atoms with Crippen LogP contribution < -0.4 is 5.73 Å². The van der Waals surface area contributed by atoms with E-state index in [9.17, 15) is 0 Å². The summed E-state index contributed by atoms with van der Waals surface area (Å²) in [6.07, 6.45) is 0.804. The van der Waals surface area contributed by atoms with Gasteiger partial charge in [-0.05, 0) is 25.3 Å². The van der Waals surface area contributed by atoms with E-state index in [0.717, 1.165) is 19.5 Å². The molecule has 1 rings (SSSR count). The predicted molar refractivity (Wildman–Crippen MR) is 71.3 cm³/mol. The van der Waals surface area contributed by atoms with E-state index in [1.54, 1.807) is 11.3 Å². The molecule has 1 aromatic heterocycles. The normalized spacial score (nSPS) is 11.2. The van der Waals surface area contributed by atoms with Gasteiger partial charge in [0.2, 0.25) is 0 Å². The molecule has 2 nitrogen and oxygen atoms in total. The number of thiocarbonyl (C=S) groups is 1. The lowest BCUT2D eigenvalue weighted by molar-refractivity contribution is 0.221. The van der Waals surface area contributed by atoms with Crippen LogP contribution in [0.3, 0.4) is 0 Å². The van der Waals surface area contributed by atoms with Crippen molar-refractivity contribution in [2.75, 3.05) is 6.54 Å². The molecule has 0 fully saturated rings. The molecule has 0 amide bonds. The first-order valence-electron chi connectivity index (χ1n) is 5.14. The Kier molecular flexibility index (Phi) is 5.22. The van der Waals surface area contributed by atoms with Gasteiger partial charge in [-0.25, -0.2) is 0 Å². The first-order chi connectivity index (χ1) is 7.09.